The number of carbonyl (C=O) groups is 1. The zero-order valence-corrected chi connectivity index (χ0v) is 8.53. The lowest BCUT2D eigenvalue weighted by Crippen LogP contribution is -2.19. The molecule has 0 bridgehead atoms. The second kappa shape index (κ2) is 3.84. The third kappa shape index (κ3) is 2.88. The van der Waals surface area contributed by atoms with E-state index in [1.165, 1.54) is 6.26 Å². The lowest BCUT2D eigenvalue weighted by Gasteiger charge is -2.18. The number of carboxylic acid groups (broad SMARTS) is 1. The number of furan rings is 1. The first-order chi connectivity index (χ1) is 6.40. The van der Waals surface area contributed by atoms with Crippen LogP contribution < -0.4 is 0 Å². The normalized spacial score (nSPS) is 11.6. The van der Waals surface area contributed by atoms with Crippen molar-refractivity contribution in [3.63, 3.8) is 0 Å². The zero-order valence-electron chi connectivity index (χ0n) is 8.53. The molecule has 0 amide bonds. The minimum absolute atomic E-state index is 0.0470. The molecule has 0 saturated carbocycles. The summed E-state index contributed by atoms with van der Waals surface area (Å²) >= 11 is 0. The second-order valence-corrected chi connectivity index (χ2v) is 3.98. The van der Waals surface area contributed by atoms with Crippen molar-refractivity contribution in [3.8, 4) is 0 Å². The van der Waals surface area contributed by atoms with E-state index < -0.39 is 5.97 Å². The van der Waals surface area contributed by atoms with Gasteiger partial charge in [0.25, 0.3) is 0 Å². The molecule has 0 unspecified atom stereocenters. The summed E-state index contributed by atoms with van der Waals surface area (Å²) in [6, 6.07) is 1.61. The van der Waals surface area contributed by atoms with Crippen LogP contribution in [-0.4, -0.2) is 16.7 Å². The average molecular weight is 198 g/mol. The summed E-state index contributed by atoms with van der Waals surface area (Å²) in [4.78, 5) is 10.7. The number of aromatic carboxylic acids is 1. The van der Waals surface area contributed by atoms with E-state index in [0.717, 1.165) is 0 Å². The van der Waals surface area contributed by atoms with E-state index >= 15 is 0 Å². The van der Waals surface area contributed by atoms with Gasteiger partial charge in [-0.25, -0.2) is 4.79 Å². The van der Waals surface area contributed by atoms with Crippen molar-refractivity contribution in [1.82, 2.24) is 0 Å². The van der Waals surface area contributed by atoms with Crippen molar-refractivity contribution in [1.29, 1.82) is 0 Å². The molecule has 0 spiro atoms. The number of rotatable bonds is 3. The van der Waals surface area contributed by atoms with E-state index in [1.54, 1.807) is 6.07 Å². The first kappa shape index (κ1) is 10.8. The standard InChI is InChI=1S/C10H14O4/c1-10(2,3)14-6-7-4-5-13-8(7)9(11)12/h4-5H,6H2,1-3H3,(H,11,12). The summed E-state index contributed by atoms with van der Waals surface area (Å²) in [7, 11) is 0. The lowest BCUT2D eigenvalue weighted by molar-refractivity contribution is -0.0157. The van der Waals surface area contributed by atoms with Crippen molar-refractivity contribution in [2.45, 2.75) is 33.0 Å². The van der Waals surface area contributed by atoms with Gasteiger partial charge in [0, 0.05) is 5.56 Å². The molecule has 0 radical (unpaired) electrons. The lowest BCUT2D eigenvalue weighted by atomic mass is 10.2. The summed E-state index contributed by atoms with van der Waals surface area (Å²) in [5.74, 6) is -1.11. The van der Waals surface area contributed by atoms with Crippen LogP contribution in [0.3, 0.4) is 0 Å². The summed E-state index contributed by atoms with van der Waals surface area (Å²) in [6.07, 6.45) is 1.35. The van der Waals surface area contributed by atoms with Crippen LogP contribution in [0.2, 0.25) is 0 Å². The van der Waals surface area contributed by atoms with Crippen molar-refractivity contribution in [2.75, 3.05) is 0 Å². The van der Waals surface area contributed by atoms with Gasteiger partial charge in [0.2, 0.25) is 5.76 Å². The molecule has 1 heterocycles. The van der Waals surface area contributed by atoms with E-state index in [9.17, 15) is 4.79 Å². The van der Waals surface area contributed by atoms with Crippen molar-refractivity contribution < 1.29 is 19.1 Å². The Morgan fingerprint density at radius 2 is 2.21 bits per heavy atom. The summed E-state index contributed by atoms with van der Waals surface area (Å²) in [5, 5.41) is 8.73. The fourth-order valence-electron chi connectivity index (χ4n) is 0.931. The number of hydrogen-bond acceptors (Lipinski definition) is 3. The van der Waals surface area contributed by atoms with Crippen LogP contribution in [0.1, 0.15) is 36.9 Å². The number of hydrogen-bond donors (Lipinski definition) is 1. The first-order valence-corrected chi connectivity index (χ1v) is 4.34. The van der Waals surface area contributed by atoms with Crippen LogP contribution in [0.4, 0.5) is 0 Å². The predicted molar refractivity (Wildman–Crippen MR) is 50.2 cm³/mol. The van der Waals surface area contributed by atoms with Crippen LogP contribution >= 0.6 is 0 Å². The van der Waals surface area contributed by atoms with Crippen LogP contribution in [0, 0.1) is 0 Å². The number of ether oxygens (including phenoxy) is 1. The maximum Gasteiger partial charge on any atom is 0.372 e. The molecule has 14 heavy (non-hydrogen) atoms. The summed E-state index contributed by atoms with van der Waals surface area (Å²) < 4.78 is 10.3. The molecule has 0 aliphatic carbocycles. The highest BCUT2D eigenvalue weighted by atomic mass is 16.5. The van der Waals surface area contributed by atoms with Gasteiger partial charge >= 0.3 is 5.97 Å². The molecule has 0 aliphatic heterocycles. The molecule has 0 saturated heterocycles. The highest BCUT2D eigenvalue weighted by molar-refractivity contribution is 5.85. The van der Waals surface area contributed by atoms with E-state index in [0.29, 0.717) is 5.56 Å². The van der Waals surface area contributed by atoms with Gasteiger partial charge in [-0.15, -0.1) is 0 Å². The quantitative estimate of drug-likeness (QED) is 0.809. The van der Waals surface area contributed by atoms with Gasteiger partial charge in [-0.3, -0.25) is 0 Å². The Labute approximate surface area is 82.5 Å². The third-order valence-electron chi connectivity index (χ3n) is 1.60. The van der Waals surface area contributed by atoms with E-state index in [-0.39, 0.29) is 18.0 Å². The summed E-state index contributed by atoms with van der Waals surface area (Å²) in [6.45, 7) is 5.98. The average Bonchev–Trinajstić information content (AvgIpc) is 2.46. The fraction of sp³-hybridized carbons (Fsp3) is 0.500. The monoisotopic (exact) mass is 198 g/mol. The van der Waals surface area contributed by atoms with Crippen molar-refractivity contribution in [2.24, 2.45) is 0 Å². The molecule has 0 aliphatic rings. The zero-order chi connectivity index (χ0) is 10.8. The Kier molecular flexibility index (Phi) is 2.96. The van der Waals surface area contributed by atoms with Crippen LogP contribution in [0.25, 0.3) is 0 Å². The van der Waals surface area contributed by atoms with Gasteiger partial charge in [-0.2, -0.15) is 0 Å². The molecule has 1 aromatic heterocycles. The van der Waals surface area contributed by atoms with E-state index in [2.05, 4.69) is 0 Å². The molecule has 0 fully saturated rings. The maximum atomic E-state index is 10.7. The largest absolute Gasteiger partial charge is 0.475 e. The van der Waals surface area contributed by atoms with Gasteiger partial charge in [-0.1, -0.05) is 0 Å². The van der Waals surface area contributed by atoms with Crippen LogP contribution in [0.5, 0.6) is 0 Å². The minimum Gasteiger partial charge on any atom is -0.475 e. The summed E-state index contributed by atoms with van der Waals surface area (Å²) in [5.41, 5.74) is 0.278. The van der Waals surface area contributed by atoms with Gasteiger partial charge in [0.05, 0.1) is 18.5 Å². The molecule has 1 rings (SSSR count). The Hall–Kier alpha value is -1.29. The van der Waals surface area contributed by atoms with Crippen molar-refractivity contribution in [3.05, 3.63) is 23.7 Å². The highest BCUT2D eigenvalue weighted by Gasteiger charge is 2.17. The smallest absolute Gasteiger partial charge is 0.372 e. The highest BCUT2D eigenvalue weighted by Crippen LogP contribution is 2.16. The molecule has 1 aromatic rings. The molecule has 1 N–H and O–H groups in total. The Morgan fingerprint density at radius 1 is 1.57 bits per heavy atom. The molecule has 0 atom stereocenters. The van der Waals surface area contributed by atoms with E-state index in [1.807, 2.05) is 20.8 Å². The molecule has 4 heteroatoms. The Bertz CT molecular complexity index is 319. The molecular formula is C10H14O4. The van der Waals surface area contributed by atoms with Gasteiger partial charge in [0.15, 0.2) is 0 Å². The van der Waals surface area contributed by atoms with Crippen LogP contribution in [-0.2, 0) is 11.3 Å². The fourth-order valence-corrected chi connectivity index (χ4v) is 0.931. The molecule has 78 valence electrons. The SMILES string of the molecule is CC(C)(C)OCc1ccoc1C(=O)O. The first-order valence-electron chi connectivity index (χ1n) is 4.34. The number of carboxylic acids is 1. The van der Waals surface area contributed by atoms with Gasteiger partial charge in [-0.05, 0) is 26.8 Å². The Morgan fingerprint density at radius 3 is 2.71 bits per heavy atom. The predicted octanol–water partition coefficient (Wildman–Crippen LogP) is 2.29. The van der Waals surface area contributed by atoms with Crippen molar-refractivity contribution >= 4 is 5.97 Å². The Balaban J connectivity index is 2.68. The second-order valence-electron chi connectivity index (χ2n) is 3.98. The third-order valence-corrected chi connectivity index (χ3v) is 1.60. The van der Waals surface area contributed by atoms with E-state index in [4.69, 9.17) is 14.3 Å². The van der Waals surface area contributed by atoms with Crippen LogP contribution in [0.15, 0.2) is 16.7 Å². The van der Waals surface area contributed by atoms with Gasteiger partial charge < -0.3 is 14.3 Å². The molecular weight excluding hydrogens is 184 g/mol. The maximum absolute atomic E-state index is 10.7. The molecule has 4 nitrogen and oxygen atoms in total. The minimum atomic E-state index is -1.07. The van der Waals surface area contributed by atoms with Gasteiger partial charge in [0.1, 0.15) is 0 Å². The molecule has 0 aromatic carbocycles. The topological polar surface area (TPSA) is 59.7 Å².